The van der Waals surface area contributed by atoms with Gasteiger partial charge in [0.2, 0.25) is 0 Å². The summed E-state index contributed by atoms with van der Waals surface area (Å²) < 4.78 is 0. The predicted molar refractivity (Wildman–Crippen MR) is 93.7 cm³/mol. The smallest absolute Gasteiger partial charge is 0.319 e. The number of carbonyl (C=O) groups is 1. The van der Waals surface area contributed by atoms with Crippen molar-refractivity contribution in [2.45, 2.75) is 13.1 Å². The van der Waals surface area contributed by atoms with Crippen molar-refractivity contribution in [3.05, 3.63) is 47.8 Å². The number of benzene rings is 1. The van der Waals surface area contributed by atoms with E-state index >= 15 is 0 Å². The largest absolute Gasteiger partial charge is 0.334 e. The van der Waals surface area contributed by atoms with Gasteiger partial charge in [0.05, 0.1) is 11.9 Å². The number of aromatic amines is 1. The molecule has 2 amide bonds. The Balaban J connectivity index is 1.43. The minimum absolute atomic E-state index is 0.238. The van der Waals surface area contributed by atoms with E-state index in [4.69, 9.17) is 0 Å². The first-order valence-corrected chi connectivity index (χ1v) is 8.21. The molecule has 1 fully saturated rings. The molecule has 1 aromatic heterocycles. The Morgan fingerprint density at radius 2 is 1.88 bits per heavy atom. The molecule has 2 heterocycles. The van der Waals surface area contributed by atoms with Crippen LogP contribution in [0.4, 0.5) is 10.5 Å². The zero-order chi connectivity index (χ0) is 16.8. The Morgan fingerprint density at radius 1 is 1.17 bits per heavy atom. The lowest BCUT2D eigenvalue weighted by Gasteiger charge is -2.32. The van der Waals surface area contributed by atoms with Crippen LogP contribution >= 0.6 is 0 Å². The van der Waals surface area contributed by atoms with E-state index in [1.54, 1.807) is 12.4 Å². The van der Waals surface area contributed by atoms with E-state index in [0.717, 1.165) is 38.3 Å². The quantitative estimate of drug-likeness (QED) is 0.777. The molecule has 24 heavy (non-hydrogen) atoms. The second-order valence-corrected chi connectivity index (χ2v) is 6.19. The molecule has 128 valence electrons. The summed E-state index contributed by atoms with van der Waals surface area (Å²) in [6.45, 7) is 5.99. The lowest BCUT2D eigenvalue weighted by Crippen LogP contribution is -2.43. The zero-order valence-corrected chi connectivity index (χ0v) is 14.0. The monoisotopic (exact) mass is 328 g/mol. The Morgan fingerprint density at radius 3 is 2.54 bits per heavy atom. The Hall–Kier alpha value is -2.38. The number of nitrogens with one attached hydrogen (secondary N) is 3. The summed E-state index contributed by atoms with van der Waals surface area (Å²) in [7, 11) is 2.17. The number of urea groups is 1. The number of hydrogen-bond acceptors (Lipinski definition) is 4. The third kappa shape index (κ3) is 4.81. The number of hydrogen-bond donors (Lipinski definition) is 3. The average molecular weight is 328 g/mol. The van der Waals surface area contributed by atoms with E-state index in [1.165, 1.54) is 5.56 Å². The van der Waals surface area contributed by atoms with Crippen molar-refractivity contribution in [3.63, 3.8) is 0 Å². The molecule has 7 nitrogen and oxygen atoms in total. The molecular weight excluding hydrogens is 304 g/mol. The Kier molecular flexibility index (Phi) is 5.45. The number of carbonyl (C=O) groups excluding carboxylic acids is 1. The number of rotatable bonds is 5. The number of likely N-dealkylation sites (N-methyl/N-ethyl adjacent to an activating group) is 1. The number of nitrogens with zero attached hydrogens (tertiary/aromatic N) is 3. The van der Waals surface area contributed by atoms with Gasteiger partial charge >= 0.3 is 6.03 Å². The topological polar surface area (TPSA) is 76.3 Å². The molecular formula is C17H24N6O. The summed E-state index contributed by atoms with van der Waals surface area (Å²) in [6.07, 6.45) is 3.19. The van der Waals surface area contributed by atoms with Gasteiger partial charge in [-0.3, -0.25) is 10.00 Å². The van der Waals surface area contributed by atoms with E-state index in [9.17, 15) is 4.79 Å². The highest BCUT2D eigenvalue weighted by Gasteiger charge is 2.13. The fourth-order valence-corrected chi connectivity index (χ4v) is 2.70. The summed E-state index contributed by atoms with van der Waals surface area (Å²) in [5.41, 5.74) is 3.04. The highest BCUT2D eigenvalue weighted by molar-refractivity contribution is 5.88. The van der Waals surface area contributed by atoms with Gasteiger partial charge in [0.15, 0.2) is 0 Å². The van der Waals surface area contributed by atoms with E-state index in [-0.39, 0.29) is 6.03 Å². The van der Waals surface area contributed by atoms with E-state index in [2.05, 4.69) is 61.9 Å². The van der Waals surface area contributed by atoms with Crippen LogP contribution in [0, 0.1) is 0 Å². The highest BCUT2D eigenvalue weighted by Crippen LogP contribution is 2.10. The fraction of sp³-hybridized carbons (Fsp3) is 0.412. The standard InChI is InChI=1S/C17H24N6O/c1-22-6-8-23(9-7-22)13-15-4-2-14(3-5-15)10-18-17(24)21-16-11-19-20-12-16/h2-5,11-12H,6-10,13H2,1H3,(H,19,20)(H2,18,21,24). The summed E-state index contributed by atoms with van der Waals surface area (Å²) in [4.78, 5) is 16.6. The number of amides is 2. The molecule has 1 saturated heterocycles. The van der Waals surface area contributed by atoms with Crippen molar-refractivity contribution in [1.82, 2.24) is 25.3 Å². The van der Waals surface area contributed by atoms with Gasteiger partial charge in [0, 0.05) is 45.5 Å². The number of H-pyrrole nitrogens is 1. The number of piperazine rings is 1. The molecule has 1 aromatic carbocycles. The molecule has 7 heteroatoms. The summed E-state index contributed by atoms with van der Waals surface area (Å²) >= 11 is 0. The first-order valence-electron chi connectivity index (χ1n) is 8.21. The van der Waals surface area contributed by atoms with Crippen LogP contribution in [0.2, 0.25) is 0 Å². The molecule has 3 N–H and O–H groups in total. The van der Waals surface area contributed by atoms with Gasteiger partial charge in [-0.2, -0.15) is 5.10 Å². The zero-order valence-electron chi connectivity index (χ0n) is 14.0. The van der Waals surface area contributed by atoms with Gasteiger partial charge in [-0.15, -0.1) is 0 Å². The summed E-state index contributed by atoms with van der Waals surface area (Å²) in [6, 6.07) is 8.19. The molecule has 0 atom stereocenters. The van der Waals surface area contributed by atoms with Crippen molar-refractivity contribution in [2.24, 2.45) is 0 Å². The van der Waals surface area contributed by atoms with Crippen LogP contribution < -0.4 is 10.6 Å². The van der Waals surface area contributed by atoms with Crippen molar-refractivity contribution < 1.29 is 4.79 Å². The normalized spacial score (nSPS) is 16.0. The molecule has 1 aliphatic rings. The van der Waals surface area contributed by atoms with Gasteiger partial charge in [0.25, 0.3) is 0 Å². The van der Waals surface area contributed by atoms with E-state index in [1.807, 2.05) is 0 Å². The second-order valence-electron chi connectivity index (χ2n) is 6.19. The molecule has 2 aromatic rings. The summed E-state index contributed by atoms with van der Waals surface area (Å²) in [5, 5.41) is 12.0. The molecule has 0 saturated carbocycles. The van der Waals surface area contributed by atoms with Crippen molar-refractivity contribution in [1.29, 1.82) is 0 Å². The molecule has 0 radical (unpaired) electrons. The maximum Gasteiger partial charge on any atom is 0.319 e. The maximum absolute atomic E-state index is 11.8. The van der Waals surface area contributed by atoms with Gasteiger partial charge in [-0.1, -0.05) is 24.3 Å². The first-order chi connectivity index (χ1) is 11.7. The van der Waals surface area contributed by atoms with Crippen LogP contribution in [0.5, 0.6) is 0 Å². The first kappa shape index (κ1) is 16.5. The van der Waals surface area contributed by atoms with Crippen LogP contribution in [0.15, 0.2) is 36.7 Å². The van der Waals surface area contributed by atoms with Crippen molar-refractivity contribution in [2.75, 3.05) is 38.5 Å². The van der Waals surface area contributed by atoms with E-state index < -0.39 is 0 Å². The number of anilines is 1. The van der Waals surface area contributed by atoms with Crippen LogP contribution in [-0.2, 0) is 13.1 Å². The van der Waals surface area contributed by atoms with Gasteiger partial charge < -0.3 is 15.5 Å². The number of aromatic nitrogens is 2. The Bertz CT molecular complexity index is 632. The SMILES string of the molecule is CN1CCN(Cc2ccc(CNC(=O)Nc3cn[nH]c3)cc2)CC1. The molecule has 0 unspecified atom stereocenters. The van der Waals surface area contributed by atoms with Crippen LogP contribution in [0.3, 0.4) is 0 Å². The van der Waals surface area contributed by atoms with E-state index in [0.29, 0.717) is 12.2 Å². The minimum Gasteiger partial charge on any atom is -0.334 e. The van der Waals surface area contributed by atoms with Gasteiger partial charge in [-0.05, 0) is 18.2 Å². The summed E-state index contributed by atoms with van der Waals surface area (Å²) in [5.74, 6) is 0. The molecule has 1 aliphatic heterocycles. The molecule has 3 rings (SSSR count). The van der Waals surface area contributed by atoms with Crippen LogP contribution in [0.1, 0.15) is 11.1 Å². The van der Waals surface area contributed by atoms with Crippen LogP contribution in [-0.4, -0.2) is 59.3 Å². The lowest BCUT2D eigenvalue weighted by atomic mass is 10.1. The predicted octanol–water partition coefficient (Wildman–Crippen LogP) is 1.48. The van der Waals surface area contributed by atoms with Crippen molar-refractivity contribution in [3.8, 4) is 0 Å². The minimum atomic E-state index is -0.238. The maximum atomic E-state index is 11.8. The molecule has 0 spiro atoms. The second kappa shape index (κ2) is 7.94. The fourth-order valence-electron chi connectivity index (χ4n) is 2.70. The average Bonchev–Trinajstić information content (AvgIpc) is 3.09. The van der Waals surface area contributed by atoms with Crippen molar-refractivity contribution >= 4 is 11.7 Å². The van der Waals surface area contributed by atoms with Gasteiger partial charge in [-0.25, -0.2) is 4.79 Å². The van der Waals surface area contributed by atoms with Gasteiger partial charge in [0.1, 0.15) is 0 Å². The lowest BCUT2D eigenvalue weighted by molar-refractivity contribution is 0.148. The Labute approximate surface area is 142 Å². The molecule has 0 bridgehead atoms. The molecule has 0 aliphatic carbocycles. The third-order valence-electron chi connectivity index (χ3n) is 4.23. The van der Waals surface area contributed by atoms with Crippen LogP contribution in [0.25, 0.3) is 0 Å². The third-order valence-corrected chi connectivity index (χ3v) is 4.23. The highest BCUT2D eigenvalue weighted by atomic mass is 16.2.